The van der Waals surface area contributed by atoms with E-state index < -0.39 is 0 Å². The molecule has 17 heavy (non-hydrogen) atoms. The van der Waals surface area contributed by atoms with Crippen LogP contribution in [-0.4, -0.2) is 35.7 Å². The summed E-state index contributed by atoms with van der Waals surface area (Å²) >= 11 is 0. The molecule has 2 nitrogen and oxygen atoms in total. The predicted octanol–water partition coefficient (Wildman–Crippen LogP) is 2.55. The Bertz CT molecular complexity index is 343. The zero-order chi connectivity index (χ0) is 11.9. The quantitative estimate of drug-likeness (QED) is 0.813. The molecule has 1 aliphatic carbocycles. The molecule has 92 valence electrons. The minimum Gasteiger partial charge on any atom is -0.395 e. The second-order valence-electron chi connectivity index (χ2n) is 4.62. The standard InChI is InChI=1S/C15H21NO/c17-13-12-16(15-9-4-10-15)11-5-8-14-6-2-1-3-7-14/h1-3,5-8,15,17H,4,9-13H2/b8-5+. The lowest BCUT2D eigenvalue weighted by atomic mass is 9.91. The highest BCUT2D eigenvalue weighted by atomic mass is 16.3. The van der Waals surface area contributed by atoms with Crippen LogP contribution in [0.5, 0.6) is 0 Å². The van der Waals surface area contributed by atoms with E-state index in [9.17, 15) is 0 Å². The van der Waals surface area contributed by atoms with E-state index in [2.05, 4.69) is 41.3 Å². The lowest BCUT2D eigenvalue weighted by Crippen LogP contribution is -2.41. The fourth-order valence-corrected chi connectivity index (χ4v) is 2.19. The fourth-order valence-electron chi connectivity index (χ4n) is 2.19. The SMILES string of the molecule is OCCN(C/C=C/c1ccccc1)C1CCC1. The van der Waals surface area contributed by atoms with Crippen LogP contribution >= 0.6 is 0 Å². The summed E-state index contributed by atoms with van der Waals surface area (Å²) in [6.45, 7) is 2.00. The van der Waals surface area contributed by atoms with Crippen LogP contribution in [0.2, 0.25) is 0 Å². The number of aliphatic hydroxyl groups excluding tert-OH is 1. The molecule has 1 aromatic carbocycles. The van der Waals surface area contributed by atoms with Crippen LogP contribution in [0.15, 0.2) is 36.4 Å². The monoisotopic (exact) mass is 231 g/mol. The van der Waals surface area contributed by atoms with Crippen LogP contribution in [0, 0.1) is 0 Å². The van der Waals surface area contributed by atoms with Crippen molar-refractivity contribution in [1.29, 1.82) is 0 Å². The summed E-state index contributed by atoms with van der Waals surface area (Å²) in [6, 6.07) is 11.0. The van der Waals surface area contributed by atoms with Crippen LogP contribution in [-0.2, 0) is 0 Å². The van der Waals surface area contributed by atoms with Crippen molar-refractivity contribution in [3.8, 4) is 0 Å². The van der Waals surface area contributed by atoms with Gasteiger partial charge in [-0.15, -0.1) is 0 Å². The van der Waals surface area contributed by atoms with Crippen LogP contribution in [0.25, 0.3) is 6.08 Å². The Morgan fingerprint density at radius 3 is 2.59 bits per heavy atom. The molecule has 0 atom stereocenters. The number of nitrogens with zero attached hydrogens (tertiary/aromatic N) is 1. The summed E-state index contributed by atoms with van der Waals surface area (Å²) < 4.78 is 0. The Kier molecular flexibility index (Phi) is 4.77. The van der Waals surface area contributed by atoms with Crippen molar-refractivity contribution < 1.29 is 5.11 Å². The van der Waals surface area contributed by atoms with E-state index in [1.165, 1.54) is 24.8 Å². The van der Waals surface area contributed by atoms with Crippen molar-refractivity contribution in [2.24, 2.45) is 0 Å². The topological polar surface area (TPSA) is 23.5 Å². The Morgan fingerprint density at radius 2 is 2.00 bits per heavy atom. The highest BCUT2D eigenvalue weighted by Gasteiger charge is 2.23. The molecular weight excluding hydrogens is 210 g/mol. The van der Waals surface area contributed by atoms with E-state index in [0.29, 0.717) is 6.04 Å². The largest absolute Gasteiger partial charge is 0.395 e. The first-order valence-electron chi connectivity index (χ1n) is 6.46. The molecule has 1 fully saturated rings. The number of hydrogen-bond acceptors (Lipinski definition) is 2. The van der Waals surface area contributed by atoms with Gasteiger partial charge in [0.1, 0.15) is 0 Å². The molecule has 0 aromatic heterocycles. The van der Waals surface area contributed by atoms with Gasteiger partial charge in [0, 0.05) is 19.1 Å². The van der Waals surface area contributed by atoms with Gasteiger partial charge in [0.05, 0.1) is 6.61 Å². The third-order valence-electron chi connectivity index (χ3n) is 3.43. The molecule has 1 aliphatic rings. The molecule has 0 spiro atoms. The Hall–Kier alpha value is -1.12. The van der Waals surface area contributed by atoms with Crippen LogP contribution < -0.4 is 0 Å². The third kappa shape index (κ3) is 3.69. The van der Waals surface area contributed by atoms with Crippen molar-refractivity contribution in [1.82, 2.24) is 4.90 Å². The molecule has 2 rings (SSSR count). The minimum atomic E-state index is 0.260. The molecule has 0 radical (unpaired) electrons. The maximum absolute atomic E-state index is 9.06. The summed E-state index contributed by atoms with van der Waals surface area (Å²) in [5, 5.41) is 9.06. The zero-order valence-electron chi connectivity index (χ0n) is 10.3. The van der Waals surface area contributed by atoms with Crippen molar-refractivity contribution >= 4 is 6.08 Å². The maximum atomic E-state index is 9.06. The van der Waals surface area contributed by atoms with E-state index >= 15 is 0 Å². The van der Waals surface area contributed by atoms with Gasteiger partial charge in [0.2, 0.25) is 0 Å². The van der Waals surface area contributed by atoms with Crippen molar-refractivity contribution in [2.75, 3.05) is 19.7 Å². The molecule has 0 heterocycles. The van der Waals surface area contributed by atoms with Gasteiger partial charge in [-0.2, -0.15) is 0 Å². The first-order chi connectivity index (χ1) is 8.40. The molecule has 2 heteroatoms. The van der Waals surface area contributed by atoms with E-state index in [1.54, 1.807) is 0 Å². The Labute approximate surface area is 104 Å². The first-order valence-corrected chi connectivity index (χ1v) is 6.46. The number of rotatable bonds is 6. The van der Waals surface area contributed by atoms with Gasteiger partial charge >= 0.3 is 0 Å². The Morgan fingerprint density at radius 1 is 1.24 bits per heavy atom. The van der Waals surface area contributed by atoms with Crippen LogP contribution in [0.1, 0.15) is 24.8 Å². The van der Waals surface area contributed by atoms with Crippen LogP contribution in [0.3, 0.4) is 0 Å². The fraction of sp³-hybridized carbons (Fsp3) is 0.467. The average molecular weight is 231 g/mol. The minimum absolute atomic E-state index is 0.260. The van der Waals surface area contributed by atoms with Crippen molar-refractivity contribution in [2.45, 2.75) is 25.3 Å². The first kappa shape index (κ1) is 12.3. The number of hydrogen-bond donors (Lipinski definition) is 1. The van der Waals surface area contributed by atoms with Gasteiger partial charge in [-0.05, 0) is 18.4 Å². The smallest absolute Gasteiger partial charge is 0.0558 e. The molecule has 0 bridgehead atoms. The molecule has 0 amide bonds. The molecule has 1 saturated carbocycles. The second-order valence-corrected chi connectivity index (χ2v) is 4.62. The predicted molar refractivity (Wildman–Crippen MR) is 71.8 cm³/mol. The molecule has 0 unspecified atom stereocenters. The van der Waals surface area contributed by atoms with Crippen molar-refractivity contribution in [3.63, 3.8) is 0 Å². The maximum Gasteiger partial charge on any atom is 0.0558 e. The molecule has 1 aromatic rings. The van der Waals surface area contributed by atoms with Gasteiger partial charge in [-0.25, -0.2) is 0 Å². The van der Waals surface area contributed by atoms with Gasteiger partial charge in [-0.1, -0.05) is 48.9 Å². The summed E-state index contributed by atoms with van der Waals surface area (Å²) in [6.07, 6.45) is 8.28. The van der Waals surface area contributed by atoms with E-state index in [4.69, 9.17) is 5.11 Å². The molecule has 0 saturated heterocycles. The summed E-state index contributed by atoms with van der Waals surface area (Å²) in [5.41, 5.74) is 1.24. The lowest BCUT2D eigenvalue weighted by Gasteiger charge is -2.36. The van der Waals surface area contributed by atoms with Gasteiger partial charge in [-0.3, -0.25) is 4.90 Å². The Balaban J connectivity index is 1.84. The van der Waals surface area contributed by atoms with Crippen LogP contribution in [0.4, 0.5) is 0 Å². The summed E-state index contributed by atoms with van der Waals surface area (Å²) in [7, 11) is 0. The molecular formula is C15H21NO. The van der Waals surface area contributed by atoms with E-state index in [0.717, 1.165) is 13.1 Å². The summed E-state index contributed by atoms with van der Waals surface area (Å²) in [5.74, 6) is 0. The normalized spacial score (nSPS) is 16.6. The van der Waals surface area contributed by atoms with Gasteiger partial charge in [0.25, 0.3) is 0 Å². The van der Waals surface area contributed by atoms with E-state index in [1.807, 2.05) is 6.07 Å². The zero-order valence-corrected chi connectivity index (χ0v) is 10.3. The number of benzene rings is 1. The number of aliphatic hydroxyl groups is 1. The molecule has 0 aliphatic heterocycles. The van der Waals surface area contributed by atoms with Gasteiger partial charge in [0.15, 0.2) is 0 Å². The van der Waals surface area contributed by atoms with Crippen molar-refractivity contribution in [3.05, 3.63) is 42.0 Å². The second kappa shape index (κ2) is 6.58. The third-order valence-corrected chi connectivity index (χ3v) is 3.43. The highest BCUT2D eigenvalue weighted by Crippen LogP contribution is 2.24. The lowest BCUT2D eigenvalue weighted by molar-refractivity contribution is 0.114. The highest BCUT2D eigenvalue weighted by molar-refractivity contribution is 5.48. The molecule has 1 N–H and O–H groups in total. The average Bonchev–Trinajstić information content (AvgIpc) is 2.28. The van der Waals surface area contributed by atoms with Gasteiger partial charge < -0.3 is 5.11 Å². The summed E-state index contributed by atoms with van der Waals surface area (Å²) in [4.78, 5) is 2.38. The van der Waals surface area contributed by atoms with E-state index in [-0.39, 0.29) is 6.61 Å².